The van der Waals surface area contributed by atoms with Gasteiger partial charge in [0.2, 0.25) is 0 Å². The van der Waals surface area contributed by atoms with Crippen LogP contribution < -0.4 is 4.74 Å². The fourth-order valence-electron chi connectivity index (χ4n) is 5.24. The number of aromatic carboxylic acids is 1. The average Bonchev–Trinajstić information content (AvgIpc) is 3.35. The molecule has 5 aromatic carbocycles. The Hall–Kier alpha value is -4.90. The number of carbonyl (C=O) groups is 1. The number of hydrogen-bond acceptors (Lipinski definition) is 2. The second-order valence-electron chi connectivity index (χ2n) is 9.50. The maximum Gasteiger partial charge on any atom is 0.352 e. The number of aromatic nitrogens is 1. The van der Waals surface area contributed by atoms with Gasteiger partial charge in [-0.2, -0.15) is 0 Å². The van der Waals surface area contributed by atoms with E-state index in [0.29, 0.717) is 36.1 Å². The van der Waals surface area contributed by atoms with Crippen molar-refractivity contribution in [3.05, 3.63) is 126 Å². The van der Waals surface area contributed by atoms with Crippen molar-refractivity contribution in [2.45, 2.75) is 12.8 Å². The molecule has 0 aliphatic rings. The van der Waals surface area contributed by atoms with E-state index in [-0.39, 0.29) is 11.5 Å². The highest BCUT2D eigenvalue weighted by Gasteiger charge is 2.19. The fourth-order valence-corrected chi connectivity index (χ4v) is 5.24. The van der Waals surface area contributed by atoms with Crippen LogP contribution in [0.3, 0.4) is 0 Å². The van der Waals surface area contributed by atoms with Gasteiger partial charge in [-0.1, -0.05) is 97.1 Å². The molecular weight excluding hydrogens is 489 g/mol. The third kappa shape index (κ3) is 4.75. The number of carboxylic acids is 1. The van der Waals surface area contributed by atoms with Crippen LogP contribution in [0.15, 0.2) is 109 Å². The molecule has 6 rings (SSSR count). The minimum Gasteiger partial charge on any atom is -0.493 e. The molecule has 5 heteroatoms. The summed E-state index contributed by atoms with van der Waals surface area (Å²) in [6.45, 7) is 0.450. The SMILES string of the molecule is O=C(O)c1[nH]c2c(-c3ccc(-c4ccccc4)c(F)c3)cccc2c1CCCOc1cccc2ccccc12. The number of rotatable bonds is 8. The van der Waals surface area contributed by atoms with Gasteiger partial charge in [-0.05, 0) is 47.1 Å². The lowest BCUT2D eigenvalue weighted by Crippen LogP contribution is -2.04. The smallest absolute Gasteiger partial charge is 0.352 e. The normalized spacial score (nSPS) is 11.2. The molecule has 1 heterocycles. The summed E-state index contributed by atoms with van der Waals surface area (Å²) in [5, 5.41) is 12.9. The molecule has 0 bridgehead atoms. The van der Waals surface area contributed by atoms with Crippen molar-refractivity contribution in [2.24, 2.45) is 0 Å². The summed E-state index contributed by atoms with van der Waals surface area (Å²) in [6.07, 6.45) is 1.16. The number of hydrogen-bond donors (Lipinski definition) is 2. The minimum absolute atomic E-state index is 0.156. The lowest BCUT2D eigenvalue weighted by atomic mass is 9.97. The molecule has 192 valence electrons. The van der Waals surface area contributed by atoms with Gasteiger partial charge in [-0.15, -0.1) is 0 Å². The molecule has 0 aliphatic heterocycles. The van der Waals surface area contributed by atoms with Gasteiger partial charge < -0.3 is 14.8 Å². The first-order valence-electron chi connectivity index (χ1n) is 12.9. The van der Waals surface area contributed by atoms with E-state index >= 15 is 4.39 Å². The number of ether oxygens (including phenoxy) is 1. The zero-order valence-corrected chi connectivity index (χ0v) is 21.2. The maximum absolute atomic E-state index is 15.2. The first-order chi connectivity index (χ1) is 19.1. The Balaban J connectivity index is 1.28. The number of nitrogens with one attached hydrogen (secondary N) is 1. The predicted octanol–water partition coefficient (Wildman–Crippen LogP) is 8.50. The Bertz CT molecular complexity index is 1800. The minimum atomic E-state index is -1.02. The Morgan fingerprint density at radius 2 is 1.51 bits per heavy atom. The van der Waals surface area contributed by atoms with Gasteiger partial charge in [-0.25, -0.2) is 9.18 Å². The third-order valence-electron chi connectivity index (χ3n) is 7.10. The van der Waals surface area contributed by atoms with Crippen molar-refractivity contribution in [3.8, 4) is 28.0 Å². The van der Waals surface area contributed by atoms with E-state index in [0.717, 1.165) is 38.6 Å². The van der Waals surface area contributed by atoms with Crippen LogP contribution in [0, 0.1) is 5.82 Å². The summed E-state index contributed by atoms with van der Waals surface area (Å²) >= 11 is 0. The summed E-state index contributed by atoms with van der Waals surface area (Å²) in [4.78, 5) is 15.3. The van der Waals surface area contributed by atoms with Gasteiger partial charge >= 0.3 is 5.97 Å². The number of aromatic amines is 1. The number of benzene rings is 5. The van der Waals surface area contributed by atoms with Crippen molar-refractivity contribution in [2.75, 3.05) is 6.61 Å². The van der Waals surface area contributed by atoms with Crippen molar-refractivity contribution in [1.82, 2.24) is 4.98 Å². The highest BCUT2D eigenvalue weighted by atomic mass is 19.1. The number of aryl methyl sites for hydroxylation is 1. The maximum atomic E-state index is 15.2. The number of carboxylic acid groups (broad SMARTS) is 1. The topological polar surface area (TPSA) is 62.3 Å². The molecule has 0 atom stereocenters. The fraction of sp³-hybridized carbons (Fsp3) is 0.0882. The molecular formula is C34H26FNO3. The van der Waals surface area contributed by atoms with Crippen molar-refractivity contribution in [1.29, 1.82) is 0 Å². The first-order valence-corrected chi connectivity index (χ1v) is 12.9. The molecule has 0 amide bonds. The molecule has 6 aromatic rings. The van der Waals surface area contributed by atoms with Crippen molar-refractivity contribution < 1.29 is 19.0 Å². The van der Waals surface area contributed by atoms with Crippen LogP contribution in [0.2, 0.25) is 0 Å². The average molecular weight is 516 g/mol. The van der Waals surface area contributed by atoms with Gasteiger partial charge in [0.25, 0.3) is 0 Å². The van der Waals surface area contributed by atoms with Crippen LogP contribution in [-0.2, 0) is 6.42 Å². The van der Waals surface area contributed by atoms with Crippen LogP contribution in [-0.4, -0.2) is 22.7 Å². The Morgan fingerprint density at radius 1 is 0.769 bits per heavy atom. The molecule has 0 unspecified atom stereocenters. The second-order valence-corrected chi connectivity index (χ2v) is 9.50. The van der Waals surface area contributed by atoms with E-state index in [1.165, 1.54) is 6.07 Å². The monoisotopic (exact) mass is 515 g/mol. The molecule has 1 aromatic heterocycles. The van der Waals surface area contributed by atoms with E-state index in [1.54, 1.807) is 6.07 Å². The number of halogens is 1. The summed E-state index contributed by atoms with van der Waals surface area (Å²) in [5.41, 5.74) is 4.34. The van der Waals surface area contributed by atoms with E-state index in [1.807, 2.05) is 97.1 Å². The summed E-state index contributed by atoms with van der Waals surface area (Å²) in [7, 11) is 0. The lowest BCUT2D eigenvalue weighted by Gasteiger charge is -2.10. The number of para-hydroxylation sites is 1. The van der Waals surface area contributed by atoms with E-state index < -0.39 is 5.97 Å². The Labute approximate surface area is 225 Å². The Kier molecular flexibility index (Phi) is 6.55. The molecule has 0 fully saturated rings. The summed E-state index contributed by atoms with van der Waals surface area (Å²) < 4.78 is 21.2. The van der Waals surface area contributed by atoms with E-state index in [2.05, 4.69) is 4.98 Å². The van der Waals surface area contributed by atoms with Crippen LogP contribution in [0.5, 0.6) is 5.75 Å². The van der Waals surface area contributed by atoms with Gasteiger partial charge in [0, 0.05) is 21.9 Å². The molecule has 0 aliphatic carbocycles. The van der Waals surface area contributed by atoms with Crippen molar-refractivity contribution >= 4 is 27.6 Å². The van der Waals surface area contributed by atoms with Gasteiger partial charge in [0.05, 0.1) is 12.1 Å². The van der Waals surface area contributed by atoms with Gasteiger partial charge in [0.1, 0.15) is 17.3 Å². The molecule has 39 heavy (non-hydrogen) atoms. The van der Waals surface area contributed by atoms with Gasteiger partial charge in [-0.3, -0.25) is 0 Å². The van der Waals surface area contributed by atoms with Crippen molar-refractivity contribution in [3.63, 3.8) is 0 Å². The summed E-state index contributed by atoms with van der Waals surface area (Å²) in [6, 6.07) is 34.3. The standard InChI is InChI=1S/C34H26FNO3/c35-30-21-24(18-19-25(30)22-9-2-1-3-10-22)27-14-7-15-28-29(33(34(37)38)36-32(27)28)16-8-20-39-31-17-6-12-23-11-4-5-13-26(23)31/h1-7,9-15,17-19,21,36H,8,16,20H2,(H,37,38). The molecule has 2 N–H and O–H groups in total. The van der Waals surface area contributed by atoms with Crippen LogP contribution >= 0.6 is 0 Å². The van der Waals surface area contributed by atoms with E-state index in [9.17, 15) is 9.90 Å². The van der Waals surface area contributed by atoms with E-state index in [4.69, 9.17) is 4.74 Å². The number of fused-ring (bicyclic) bond motifs is 2. The molecule has 0 radical (unpaired) electrons. The van der Waals surface area contributed by atoms with Crippen LogP contribution in [0.25, 0.3) is 43.9 Å². The summed E-state index contributed by atoms with van der Waals surface area (Å²) in [5.74, 6) is -0.534. The van der Waals surface area contributed by atoms with Gasteiger partial charge in [0.15, 0.2) is 0 Å². The quantitative estimate of drug-likeness (QED) is 0.200. The largest absolute Gasteiger partial charge is 0.493 e. The molecule has 0 spiro atoms. The Morgan fingerprint density at radius 3 is 2.33 bits per heavy atom. The van der Waals surface area contributed by atoms with Crippen LogP contribution in [0.4, 0.5) is 4.39 Å². The third-order valence-corrected chi connectivity index (χ3v) is 7.10. The second kappa shape index (κ2) is 10.5. The molecule has 0 saturated heterocycles. The highest BCUT2D eigenvalue weighted by Crippen LogP contribution is 2.35. The lowest BCUT2D eigenvalue weighted by molar-refractivity contribution is 0.0690. The highest BCUT2D eigenvalue weighted by molar-refractivity contribution is 6.03. The first kappa shape index (κ1) is 24.4. The zero-order chi connectivity index (χ0) is 26.8. The molecule has 4 nitrogen and oxygen atoms in total. The zero-order valence-electron chi connectivity index (χ0n) is 21.2. The number of H-pyrrole nitrogens is 1. The van der Waals surface area contributed by atoms with Crippen LogP contribution in [0.1, 0.15) is 22.5 Å². The predicted molar refractivity (Wildman–Crippen MR) is 154 cm³/mol. The molecule has 0 saturated carbocycles.